The fourth-order valence-corrected chi connectivity index (χ4v) is 7.14. The molecule has 2 aliphatic heterocycles. The van der Waals surface area contributed by atoms with Crippen LogP contribution in [0.5, 0.6) is 0 Å². The molecule has 2 aromatic rings. The Labute approximate surface area is 184 Å². The molecular formula is C24H24N2O4S. The maximum absolute atomic E-state index is 13.5. The monoisotopic (exact) mass is 436 g/mol. The van der Waals surface area contributed by atoms with Crippen LogP contribution in [0.4, 0.5) is 0 Å². The van der Waals surface area contributed by atoms with E-state index in [0.717, 1.165) is 64.2 Å². The van der Waals surface area contributed by atoms with Gasteiger partial charge >= 0.3 is 0 Å². The summed E-state index contributed by atoms with van der Waals surface area (Å²) in [6.45, 7) is 0. The van der Waals surface area contributed by atoms with Crippen molar-refractivity contribution in [2.75, 3.05) is 0 Å². The predicted octanol–water partition coefficient (Wildman–Crippen LogP) is 4.76. The first kappa shape index (κ1) is 19.2. The zero-order chi connectivity index (χ0) is 21.3. The SMILES string of the molecule is O=C1c2ccc3c4c(sc(c24)C(=O)N1C1CCCCC1)C(=O)N(C1CCCCC1)C3=O. The summed E-state index contributed by atoms with van der Waals surface area (Å²) in [6.07, 6.45) is 9.66. The second-order valence-corrected chi connectivity index (χ2v) is 10.2. The molecule has 4 amide bonds. The van der Waals surface area contributed by atoms with E-state index in [1.54, 1.807) is 12.1 Å². The molecule has 6 nitrogen and oxygen atoms in total. The van der Waals surface area contributed by atoms with Gasteiger partial charge in [-0.2, -0.15) is 0 Å². The van der Waals surface area contributed by atoms with Crippen LogP contribution in [0.15, 0.2) is 12.1 Å². The van der Waals surface area contributed by atoms with Crippen LogP contribution in [-0.4, -0.2) is 45.5 Å². The Balaban J connectivity index is 1.49. The van der Waals surface area contributed by atoms with E-state index in [-0.39, 0.29) is 35.7 Å². The first-order valence-corrected chi connectivity index (χ1v) is 12.2. The number of carbonyl (C=O) groups is 4. The highest BCUT2D eigenvalue weighted by molar-refractivity contribution is 7.18. The highest BCUT2D eigenvalue weighted by Crippen LogP contribution is 2.45. The molecule has 0 atom stereocenters. The molecule has 0 bridgehead atoms. The quantitative estimate of drug-likeness (QED) is 0.636. The normalized spacial score (nSPS) is 22.7. The Morgan fingerprint density at radius 1 is 0.581 bits per heavy atom. The fraction of sp³-hybridized carbons (Fsp3) is 0.500. The maximum atomic E-state index is 13.5. The van der Waals surface area contributed by atoms with E-state index in [0.29, 0.717) is 31.7 Å². The summed E-state index contributed by atoms with van der Waals surface area (Å²) < 4.78 is 0. The minimum Gasteiger partial charge on any atom is -0.271 e. The van der Waals surface area contributed by atoms with Gasteiger partial charge in [0.2, 0.25) is 0 Å². The van der Waals surface area contributed by atoms with Gasteiger partial charge in [-0.05, 0) is 37.8 Å². The molecule has 0 saturated heterocycles. The molecule has 31 heavy (non-hydrogen) atoms. The third-order valence-electron chi connectivity index (χ3n) is 7.47. The molecule has 1 aromatic heterocycles. The topological polar surface area (TPSA) is 74.8 Å². The van der Waals surface area contributed by atoms with E-state index < -0.39 is 0 Å². The number of carbonyl (C=O) groups excluding carboxylic acids is 4. The Bertz CT molecular complexity index is 1070. The minimum atomic E-state index is -0.297. The number of hydrogen-bond acceptors (Lipinski definition) is 5. The van der Waals surface area contributed by atoms with Crippen LogP contribution in [0.1, 0.15) is 104 Å². The Kier molecular flexibility index (Phi) is 4.32. The smallest absolute Gasteiger partial charge is 0.271 e. The molecule has 6 rings (SSSR count). The molecular weight excluding hydrogens is 412 g/mol. The van der Waals surface area contributed by atoms with Crippen molar-refractivity contribution in [3.05, 3.63) is 33.0 Å². The second kappa shape index (κ2) is 6.99. The van der Waals surface area contributed by atoms with Crippen molar-refractivity contribution in [3.8, 4) is 0 Å². The molecule has 2 aliphatic carbocycles. The number of thiophene rings is 1. The zero-order valence-electron chi connectivity index (χ0n) is 17.3. The van der Waals surface area contributed by atoms with Crippen LogP contribution >= 0.6 is 11.3 Å². The molecule has 0 radical (unpaired) electrons. The van der Waals surface area contributed by atoms with Crippen LogP contribution in [0.25, 0.3) is 10.8 Å². The van der Waals surface area contributed by atoms with Crippen LogP contribution in [0.2, 0.25) is 0 Å². The van der Waals surface area contributed by atoms with Crippen LogP contribution in [0, 0.1) is 0 Å². The molecule has 2 saturated carbocycles. The van der Waals surface area contributed by atoms with Crippen molar-refractivity contribution in [2.45, 2.75) is 76.3 Å². The van der Waals surface area contributed by atoms with Gasteiger partial charge in [0.15, 0.2) is 0 Å². The third kappa shape index (κ3) is 2.62. The zero-order valence-corrected chi connectivity index (χ0v) is 18.1. The summed E-state index contributed by atoms with van der Waals surface area (Å²) in [7, 11) is 0. The summed E-state index contributed by atoms with van der Waals surface area (Å²) in [6, 6.07) is 3.22. The molecule has 4 aliphatic rings. The number of hydrogen-bond donors (Lipinski definition) is 0. The lowest BCUT2D eigenvalue weighted by Crippen LogP contribution is -2.48. The molecule has 0 N–H and O–H groups in total. The van der Waals surface area contributed by atoms with Gasteiger partial charge in [-0.15, -0.1) is 11.3 Å². The number of imide groups is 2. The predicted molar refractivity (Wildman–Crippen MR) is 117 cm³/mol. The molecule has 1 aromatic carbocycles. The third-order valence-corrected chi connectivity index (χ3v) is 8.63. The van der Waals surface area contributed by atoms with Gasteiger partial charge in [-0.3, -0.25) is 29.0 Å². The molecule has 0 spiro atoms. The highest BCUT2D eigenvalue weighted by atomic mass is 32.1. The summed E-state index contributed by atoms with van der Waals surface area (Å²) in [4.78, 5) is 57.3. The van der Waals surface area contributed by atoms with E-state index in [4.69, 9.17) is 0 Å². The summed E-state index contributed by atoms with van der Waals surface area (Å²) in [5.74, 6) is -1.16. The van der Waals surface area contributed by atoms with Crippen LogP contribution in [-0.2, 0) is 0 Å². The van der Waals surface area contributed by atoms with E-state index >= 15 is 0 Å². The average molecular weight is 437 g/mol. The van der Waals surface area contributed by atoms with Gasteiger partial charge in [0.05, 0.1) is 0 Å². The maximum Gasteiger partial charge on any atom is 0.271 e. The number of benzene rings is 1. The lowest BCUT2D eigenvalue weighted by molar-refractivity contribution is 0.0488. The van der Waals surface area contributed by atoms with Gasteiger partial charge in [0, 0.05) is 34.0 Å². The molecule has 2 fully saturated rings. The van der Waals surface area contributed by atoms with Gasteiger partial charge in [0.25, 0.3) is 23.6 Å². The summed E-state index contributed by atoms with van der Waals surface area (Å²) in [5, 5.41) is 1.04. The van der Waals surface area contributed by atoms with Gasteiger partial charge < -0.3 is 0 Å². The molecule has 0 unspecified atom stereocenters. The molecule has 7 heteroatoms. The van der Waals surface area contributed by atoms with Crippen molar-refractivity contribution in [1.29, 1.82) is 0 Å². The molecule has 3 heterocycles. The average Bonchev–Trinajstić information content (AvgIpc) is 3.20. The van der Waals surface area contributed by atoms with Gasteiger partial charge in [-0.25, -0.2) is 0 Å². The standard InChI is InChI=1S/C24H24N2O4S/c27-21-15-11-12-16-18-17(15)19(23(29)25(21)13-7-3-1-4-8-13)31-20(18)24(30)26(22(16)28)14-9-5-2-6-10-14/h11-14H,1-10H2. The Morgan fingerprint density at radius 3 is 1.35 bits per heavy atom. The Hall–Kier alpha value is -2.54. The fourth-order valence-electron chi connectivity index (χ4n) is 5.94. The van der Waals surface area contributed by atoms with E-state index in [1.807, 2.05) is 0 Å². The molecule has 160 valence electrons. The lowest BCUT2D eigenvalue weighted by atomic mass is 9.88. The minimum absolute atomic E-state index is 0.0802. The van der Waals surface area contributed by atoms with E-state index in [2.05, 4.69) is 0 Å². The van der Waals surface area contributed by atoms with Gasteiger partial charge in [-0.1, -0.05) is 38.5 Å². The first-order valence-electron chi connectivity index (χ1n) is 11.4. The van der Waals surface area contributed by atoms with Crippen molar-refractivity contribution in [1.82, 2.24) is 9.80 Å². The van der Waals surface area contributed by atoms with E-state index in [9.17, 15) is 19.2 Å². The lowest BCUT2D eigenvalue weighted by Gasteiger charge is -2.36. The summed E-state index contributed by atoms with van der Waals surface area (Å²) in [5.41, 5.74) is 0.904. The second-order valence-electron chi connectivity index (χ2n) is 9.22. The number of rotatable bonds is 2. The van der Waals surface area contributed by atoms with Crippen LogP contribution in [0.3, 0.4) is 0 Å². The van der Waals surface area contributed by atoms with Crippen molar-refractivity contribution in [2.24, 2.45) is 0 Å². The van der Waals surface area contributed by atoms with Crippen molar-refractivity contribution in [3.63, 3.8) is 0 Å². The summed E-state index contributed by atoms with van der Waals surface area (Å²) >= 11 is 1.17. The van der Waals surface area contributed by atoms with Crippen molar-refractivity contribution >= 4 is 45.7 Å². The van der Waals surface area contributed by atoms with Crippen molar-refractivity contribution < 1.29 is 19.2 Å². The largest absolute Gasteiger partial charge is 0.271 e. The number of nitrogens with zero attached hydrogens (tertiary/aromatic N) is 2. The first-order chi connectivity index (χ1) is 15.1. The Morgan fingerprint density at radius 2 is 0.968 bits per heavy atom. The highest BCUT2D eigenvalue weighted by Gasteiger charge is 2.45. The number of amides is 4. The van der Waals surface area contributed by atoms with Crippen LogP contribution < -0.4 is 0 Å². The van der Waals surface area contributed by atoms with E-state index in [1.165, 1.54) is 21.1 Å². The van der Waals surface area contributed by atoms with Gasteiger partial charge in [0.1, 0.15) is 9.75 Å².